The second kappa shape index (κ2) is 16.3. The van der Waals surface area contributed by atoms with Crippen LogP contribution in [0.3, 0.4) is 0 Å². The molecule has 0 aromatic heterocycles. The number of carbonyl (C=O) groups is 1. The molecule has 1 aliphatic rings. The van der Waals surface area contributed by atoms with Crippen LogP contribution >= 0.6 is 0 Å². The van der Waals surface area contributed by atoms with Crippen molar-refractivity contribution in [2.45, 2.75) is 84.4 Å². The highest BCUT2D eigenvalue weighted by atomic mass is 16.3. The number of benzene rings is 3. The van der Waals surface area contributed by atoms with Crippen LogP contribution < -0.4 is 0 Å². The summed E-state index contributed by atoms with van der Waals surface area (Å²) in [6, 6.07) is 26.1. The maximum atomic E-state index is 14.0. The van der Waals surface area contributed by atoms with Gasteiger partial charge in [0.15, 0.2) is 0 Å². The monoisotopic (exact) mass is 564 g/mol. The van der Waals surface area contributed by atoms with Crippen LogP contribution in [0.25, 0.3) is 0 Å². The van der Waals surface area contributed by atoms with Crippen molar-refractivity contribution < 1.29 is 9.90 Å². The maximum Gasteiger partial charge on any atom is 0.254 e. The quantitative estimate of drug-likeness (QED) is 0.181. The molecule has 0 saturated carbocycles. The van der Waals surface area contributed by atoms with E-state index in [1.165, 1.54) is 31.2 Å². The van der Waals surface area contributed by atoms with Crippen LogP contribution in [0.2, 0.25) is 0 Å². The smallest absolute Gasteiger partial charge is 0.254 e. The molecule has 1 atom stereocenters. The first-order chi connectivity index (χ1) is 20.4. The Kier molecular flexibility index (Phi) is 12.2. The normalized spacial score (nSPS) is 14.8. The SMILES string of the molecule is CCCCCc1ccc(C(=O)N(Cc2cccc(C#CC(O)c3ccccc3)c2)C2CCN(CCC(C)C)CC2)cc1. The van der Waals surface area contributed by atoms with Crippen LogP contribution in [-0.4, -0.2) is 46.5 Å². The number of carbonyl (C=O) groups excluding carboxylic acids is 1. The average Bonchev–Trinajstić information content (AvgIpc) is 3.02. The summed E-state index contributed by atoms with van der Waals surface area (Å²) in [4.78, 5) is 18.7. The fraction of sp³-hybridized carbons (Fsp3) is 0.447. The zero-order valence-corrected chi connectivity index (χ0v) is 25.8. The molecule has 0 spiro atoms. The second-order valence-corrected chi connectivity index (χ2v) is 12.1. The number of nitrogens with zero attached hydrogens (tertiary/aromatic N) is 2. The van der Waals surface area contributed by atoms with Gasteiger partial charge in [-0.3, -0.25) is 4.79 Å². The minimum Gasteiger partial charge on any atom is -0.376 e. The highest BCUT2D eigenvalue weighted by Crippen LogP contribution is 2.23. The summed E-state index contributed by atoms with van der Waals surface area (Å²) in [5, 5.41) is 10.5. The van der Waals surface area contributed by atoms with Gasteiger partial charge in [0.2, 0.25) is 0 Å². The highest BCUT2D eigenvalue weighted by Gasteiger charge is 2.29. The Morgan fingerprint density at radius 1 is 0.952 bits per heavy atom. The second-order valence-electron chi connectivity index (χ2n) is 12.1. The highest BCUT2D eigenvalue weighted by molar-refractivity contribution is 5.94. The molecule has 0 aliphatic carbocycles. The predicted octanol–water partition coefficient (Wildman–Crippen LogP) is 7.66. The number of aliphatic hydroxyl groups is 1. The third-order valence-corrected chi connectivity index (χ3v) is 8.30. The fourth-order valence-corrected chi connectivity index (χ4v) is 5.64. The van der Waals surface area contributed by atoms with Crippen molar-refractivity contribution in [2.75, 3.05) is 19.6 Å². The minimum absolute atomic E-state index is 0.103. The first kappa shape index (κ1) is 31.5. The molecular formula is C38H48N2O2. The lowest BCUT2D eigenvalue weighted by Gasteiger charge is -2.39. The molecule has 42 heavy (non-hydrogen) atoms. The van der Waals surface area contributed by atoms with E-state index in [1.54, 1.807) is 0 Å². The van der Waals surface area contributed by atoms with E-state index in [0.717, 1.165) is 61.2 Å². The standard InChI is InChI=1S/C38H48N2O2/c1-4-5-7-11-31-16-19-35(20-17-31)38(42)40(36-23-26-39(27-24-36)25-22-30(2)3)29-33-13-10-12-32(28-33)18-21-37(41)34-14-8-6-9-15-34/h6,8-10,12-17,19-20,28,30,36-37,41H,4-5,7,11,22-27,29H2,1-3H3. The Hall–Kier alpha value is -3.39. The first-order valence-electron chi connectivity index (χ1n) is 15.9. The molecule has 3 aromatic carbocycles. The molecule has 4 nitrogen and oxygen atoms in total. The van der Waals surface area contributed by atoms with E-state index in [2.05, 4.69) is 66.7 Å². The van der Waals surface area contributed by atoms with Gasteiger partial charge in [0.1, 0.15) is 6.10 Å². The van der Waals surface area contributed by atoms with Crippen LogP contribution in [0.15, 0.2) is 78.9 Å². The zero-order valence-electron chi connectivity index (χ0n) is 25.8. The van der Waals surface area contributed by atoms with Crippen molar-refractivity contribution in [1.82, 2.24) is 9.80 Å². The van der Waals surface area contributed by atoms with Gasteiger partial charge in [0.05, 0.1) is 0 Å². The summed E-state index contributed by atoms with van der Waals surface area (Å²) >= 11 is 0. The van der Waals surface area contributed by atoms with Crippen molar-refractivity contribution in [3.63, 3.8) is 0 Å². The van der Waals surface area contributed by atoms with Gasteiger partial charge in [-0.1, -0.05) is 100 Å². The maximum absolute atomic E-state index is 14.0. The van der Waals surface area contributed by atoms with Crippen LogP contribution in [0.5, 0.6) is 0 Å². The van der Waals surface area contributed by atoms with Crippen LogP contribution in [-0.2, 0) is 13.0 Å². The number of hydrogen-bond acceptors (Lipinski definition) is 3. The Morgan fingerprint density at radius 3 is 2.38 bits per heavy atom. The molecule has 1 amide bonds. The van der Waals surface area contributed by atoms with Crippen LogP contribution in [0.4, 0.5) is 0 Å². The van der Waals surface area contributed by atoms with Crippen LogP contribution in [0.1, 0.15) is 98.0 Å². The van der Waals surface area contributed by atoms with Crippen molar-refractivity contribution >= 4 is 5.91 Å². The molecule has 1 fully saturated rings. The van der Waals surface area contributed by atoms with Crippen molar-refractivity contribution in [3.05, 3.63) is 107 Å². The van der Waals surface area contributed by atoms with Gasteiger partial charge in [-0.05, 0) is 85.5 Å². The lowest BCUT2D eigenvalue weighted by atomic mass is 9.99. The molecule has 4 rings (SSSR count). The van der Waals surface area contributed by atoms with Gasteiger partial charge in [0, 0.05) is 36.8 Å². The predicted molar refractivity (Wildman–Crippen MR) is 173 cm³/mol. The van der Waals surface area contributed by atoms with E-state index >= 15 is 0 Å². The van der Waals surface area contributed by atoms with Crippen molar-refractivity contribution in [1.29, 1.82) is 0 Å². The van der Waals surface area contributed by atoms with E-state index < -0.39 is 6.10 Å². The Bertz CT molecular complexity index is 1300. The molecule has 0 bridgehead atoms. The molecule has 1 heterocycles. The molecule has 1 N–H and O–H groups in total. The summed E-state index contributed by atoms with van der Waals surface area (Å²) < 4.78 is 0. The van der Waals surface area contributed by atoms with E-state index in [-0.39, 0.29) is 11.9 Å². The zero-order chi connectivity index (χ0) is 29.7. The van der Waals surface area contributed by atoms with Gasteiger partial charge in [0.25, 0.3) is 5.91 Å². The summed E-state index contributed by atoms with van der Waals surface area (Å²) in [6.07, 6.45) is 7.05. The minimum atomic E-state index is -0.834. The summed E-state index contributed by atoms with van der Waals surface area (Å²) in [5.74, 6) is 6.93. The fourth-order valence-electron chi connectivity index (χ4n) is 5.64. The van der Waals surface area contributed by atoms with Gasteiger partial charge in [-0.15, -0.1) is 0 Å². The molecule has 1 aliphatic heterocycles. The van der Waals surface area contributed by atoms with Crippen molar-refractivity contribution in [3.8, 4) is 11.8 Å². The molecule has 1 saturated heterocycles. The van der Waals surface area contributed by atoms with Gasteiger partial charge < -0.3 is 14.9 Å². The third kappa shape index (κ3) is 9.58. The van der Waals surface area contributed by atoms with Gasteiger partial charge in [-0.2, -0.15) is 0 Å². The lowest BCUT2D eigenvalue weighted by Crippen LogP contribution is -2.47. The third-order valence-electron chi connectivity index (χ3n) is 8.30. The van der Waals surface area contributed by atoms with E-state index in [9.17, 15) is 9.90 Å². The molecule has 0 radical (unpaired) electrons. The van der Waals surface area contributed by atoms with Crippen molar-refractivity contribution in [2.24, 2.45) is 5.92 Å². The van der Waals surface area contributed by atoms with Crippen LogP contribution in [0, 0.1) is 17.8 Å². The number of unbranched alkanes of at least 4 members (excludes halogenated alkanes) is 2. The van der Waals surface area contributed by atoms with Gasteiger partial charge in [-0.25, -0.2) is 0 Å². The Morgan fingerprint density at radius 2 is 1.69 bits per heavy atom. The van der Waals surface area contributed by atoms with E-state index in [1.807, 2.05) is 54.6 Å². The molecule has 222 valence electrons. The molecular weight excluding hydrogens is 516 g/mol. The number of aryl methyl sites for hydroxylation is 1. The first-order valence-corrected chi connectivity index (χ1v) is 15.9. The number of likely N-dealkylation sites (tertiary alicyclic amines) is 1. The number of rotatable bonds is 12. The average molecular weight is 565 g/mol. The lowest BCUT2D eigenvalue weighted by molar-refractivity contribution is 0.0546. The Balaban J connectivity index is 1.50. The van der Waals surface area contributed by atoms with E-state index in [0.29, 0.717) is 12.5 Å². The number of aliphatic hydroxyl groups excluding tert-OH is 1. The summed E-state index contributed by atoms with van der Waals surface area (Å²) in [7, 11) is 0. The topological polar surface area (TPSA) is 43.8 Å². The summed E-state index contributed by atoms with van der Waals surface area (Å²) in [6.45, 7) is 10.5. The summed E-state index contributed by atoms with van der Waals surface area (Å²) in [5.41, 5.74) is 4.75. The van der Waals surface area contributed by atoms with Gasteiger partial charge >= 0.3 is 0 Å². The molecule has 1 unspecified atom stereocenters. The number of piperidine rings is 1. The Labute approximate surface area is 253 Å². The number of amides is 1. The molecule has 3 aromatic rings. The molecule has 4 heteroatoms. The van der Waals surface area contributed by atoms with E-state index in [4.69, 9.17) is 0 Å². The number of hydrogen-bond donors (Lipinski definition) is 1. The largest absolute Gasteiger partial charge is 0.376 e.